The molecule has 3 N–H and O–H groups in total. The van der Waals surface area contributed by atoms with Crippen molar-refractivity contribution in [3.8, 4) is 11.5 Å². The van der Waals surface area contributed by atoms with Gasteiger partial charge in [0.25, 0.3) is 5.91 Å². The number of phenolic OH excluding ortho intramolecular Hbond substituents is 1. The zero-order valence-electron chi connectivity index (χ0n) is 17.3. The average molecular weight is 412 g/mol. The van der Waals surface area contributed by atoms with Crippen LogP contribution >= 0.6 is 0 Å². The van der Waals surface area contributed by atoms with Crippen molar-refractivity contribution in [2.24, 2.45) is 0 Å². The van der Waals surface area contributed by atoms with Gasteiger partial charge in [0.1, 0.15) is 11.5 Å². The highest BCUT2D eigenvalue weighted by Crippen LogP contribution is 2.29. The maximum absolute atomic E-state index is 12.4. The Balaban J connectivity index is 1.50. The highest BCUT2D eigenvalue weighted by molar-refractivity contribution is 5.92. The van der Waals surface area contributed by atoms with Crippen LogP contribution in [0.5, 0.6) is 11.5 Å². The highest BCUT2D eigenvalue weighted by Gasteiger charge is 2.11. The Kier molecular flexibility index (Phi) is 6.03. The molecule has 0 spiro atoms. The molecule has 0 saturated heterocycles. The third-order valence-corrected chi connectivity index (χ3v) is 5.03. The zero-order valence-corrected chi connectivity index (χ0v) is 17.3. The highest BCUT2D eigenvalue weighted by atomic mass is 16.5. The molecule has 0 radical (unpaired) electrons. The van der Waals surface area contributed by atoms with Gasteiger partial charge in [0.15, 0.2) is 6.61 Å². The summed E-state index contributed by atoms with van der Waals surface area (Å²) in [6.07, 6.45) is 0. The van der Waals surface area contributed by atoms with Gasteiger partial charge in [-0.3, -0.25) is 4.79 Å². The van der Waals surface area contributed by atoms with Crippen LogP contribution in [0.25, 0.3) is 10.8 Å². The van der Waals surface area contributed by atoms with Gasteiger partial charge < -0.3 is 20.5 Å². The monoisotopic (exact) mass is 412 g/mol. The van der Waals surface area contributed by atoms with E-state index in [4.69, 9.17) is 4.74 Å². The lowest BCUT2D eigenvalue weighted by atomic mass is 10.0. The Hall–Kier alpha value is -3.99. The molecule has 0 aliphatic heterocycles. The molecule has 5 heteroatoms. The maximum atomic E-state index is 12.4. The third kappa shape index (κ3) is 5.14. The molecule has 4 aromatic carbocycles. The molecule has 0 aromatic heterocycles. The lowest BCUT2D eigenvalue weighted by Crippen LogP contribution is -2.20. The molecule has 31 heavy (non-hydrogen) atoms. The molecule has 156 valence electrons. The Morgan fingerprint density at radius 3 is 2.35 bits per heavy atom. The summed E-state index contributed by atoms with van der Waals surface area (Å²) in [5, 5.41) is 17.9. The van der Waals surface area contributed by atoms with Crippen LogP contribution in [0.15, 0.2) is 84.9 Å². The number of aryl methyl sites for hydroxylation is 1. The van der Waals surface area contributed by atoms with Crippen LogP contribution < -0.4 is 15.4 Å². The van der Waals surface area contributed by atoms with Crippen LogP contribution in [0.1, 0.15) is 11.1 Å². The number of fused-ring (bicyclic) bond motifs is 1. The summed E-state index contributed by atoms with van der Waals surface area (Å²) in [4.78, 5) is 12.4. The number of carbonyl (C=O) groups is 1. The second kappa shape index (κ2) is 9.22. The minimum atomic E-state index is -0.213. The molecule has 0 aliphatic rings. The minimum Gasteiger partial charge on any atom is -0.508 e. The number of hydrogen-bond donors (Lipinski definition) is 3. The van der Waals surface area contributed by atoms with Crippen molar-refractivity contribution in [3.63, 3.8) is 0 Å². The van der Waals surface area contributed by atoms with Crippen molar-refractivity contribution in [3.05, 3.63) is 96.1 Å². The lowest BCUT2D eigenvalue weighted by Gasteiger charge is -2.16. The van der Waals surface area contributed by atoms with Crippen molar-refractivity contribution in [2.75, 3.05) is 17.2 Å². The number of benzene rings is 4. The van der Waals surface area contributed by atoms with Crippen LogP contribution in [0.4, 0.5) is 11.4 Å². The van der Waals surface area contributed by atoms with Gasteiger partial charge in [0, 0.05) is 23.5 Å². The van der Waals surface area contributed by atoms with Gasteiger partial charge in [-0.15, -0.1) is 0 Å². The fourth-order valence-corrected chi connectivity index (χ4v) is 3.38. The third-order valence-electron chi connectivity index (χ3n) is 5.03. The smallest absolute Gasteiger partial charge is 0.262 e. The molecule has 0 fully saturated rings. The molecule has 4 rings (SSSR count). The first-order valence-electron chi connectivity index (χ1n) is 10.1. The molecule has 4 aromatic rings. The number of nitrogens with one attached hydrogen (secondary N) is 2. The number of aromatic hydroxyl groups is 1. The van der Waals surface area contributed by atoms with Gasteiger partial charge >= 0.3 is 0 Å². The van der Waals surface area contributed by atoms with Gasteiger partial charge in [-0.05, 0) is 60.2 Å². The SMILES string of the molecule is Cc1ccc(NC(=O)COc2ccc3ccccc3c2CNc2ccc(O)cc2)cc1. The van der Waals surface area contributed by atoms with Crippen LogP contribution in [0.3, 0.4) is 0 Å². The van der Waals surface area contributed by atoms with E-state index in [-0.39, 0.29) is 18.3 Å². The number of hydrogen-bond acceptors (Lipinski definition) is 4. The molecule has 5 nitrogen and oxygen atoms in total. The number of amides is 1. The van der Waals surface area contributed by atoms with Crippen molar-refractivity contribution < 1.29 is 14.6 Å². The normalized spacial score (nSPS) is 10.6. The topological polar surface area (TPSA) is 70.6 Å². The Morgan fingerprint density at radius 1 is 0.871 bits per heavy atom. The van der Waals surface area contributed by atoms with Crippen LogP contribution in [0.2, 0.25) is 0 Å². The lowest BCUT2D eigenvalue weighted by molar-refractivity contribution is -0.118. The predicted molar refractivity (Wildman–Crippen MR) is 125 cm³/mol. The minimum absolute atomic E-state index is 0.0849. The van der Waals surface area contributed by atoms with E-state index in [0.717, 1.165) is 33.3 Å². The van der Waals surface area contributed by atoms with Gasteiger partial charge in [0.2, 0.25) is 0 Å². The molecule has 0 heterocycles. The van der Waals surface area contributed by atoms with Gasteiger partial charge in [0.05, 0.1) is 0 Å². The summed E-state index contributed by atoms with van der Waals surface area (Å²) in [6, 6.07) is 26.5. The summed E-state index contributed by atoms with van der Waals surface area (Å²) in [6.45, 7) is 2.43. The summed E-state index contributed by atoms with van der Waals surface area (Å²) in [5.41, 5.74) is 3.73. The maximum Gasteiger partial charge on any atom is 0.262 e. The molecule has 0 aliphatic carbocycles. The van der Waals surface area contributed by atoms with Crippen molar-refractivity contribution in [1.29, 1.82) is 0 Å². The quantitative estimate of drug-likeness (QED) is 0.351. The number of ether oxygens (including phenoxy) is 1. The molecular weight excluding hydrogens is 388 g/mol. The average Bonchev–Trinajstić information content (AvgIpc) is 2.79. The van der Waals surface area contributed by atoms with E-state index in [1.165, 1.54) is 0 Å². The fourth-order valence-electron chi connectivity index (χ4n) is 3.38. The molecule has 1 amide bonds. The van der Waals surface area contributed by atoms with Gasteiger partial charge in [-0.1, -0.05) is 48.0 Å². The van der Waals surface area contributed by atoms with Crippen LogP contribution in [-0.4, -0.2) is 17.6 Å². The van der Waals surface area contributed by atoms with Crippen molar-refractivity contribution >= 4 is 28.1 Å². The van der Waals surface area contributed by atoms with E-state index in [1.807, 2.05) is 79.7 Å². The number of phenols is 1. The van der Waals surface area contributed by atoms with Crippen molar-refractivity contribution in [2.45, 2.75) is 13.5 Å². The second-order valence-electron chi connectivity index (χ2n) is 7.37. The number of rotatable bonds is 7. The van der Waals surface area contributed by atoms with Crippen LogP contribution in [0, 0.1) is 6.92 Å². The summed E-state index contributed by atoms with van der Waals surface area (Å²) in [7, 11) is 0. The Bertz CT molecular complexity index is 1190. The van der Waals surface area contributed by atoms with E-state index < -0.39 is 0 Å². The summed E-state index contributed by atoms with van der Waals surface area (Å²) >= 11 is 0. The first-order valence-corrected chi connectivity index (χ1v) is 10.1. The first-order chi connectivity index (χ1) is 15.1. The summed E-state index contributed by atoms with van der Waals surface area (Å²) in [5.74, 6) is 0.665. The Labute approximate surface area is 181 Å². The second-order valence-corrected chi connectivity index (χ2v) is 7.37. The van der Waals surface area contributed by atoms with Crippen LogP contribution in [-0.2, 0) is 11.3 Å². The zero-order chi connectivity index (χ0) is 21.6. The molecule has 0 atom stereocenters. The van der Waals surface area contributed by atoms with Gasteiger partial charge in [-0.2, -0.15) is 0 Å². The molecular formula is C26H24N2O3. The summed E-state index contributed by atoms with van der Waals surface area (Å²) < 4.78 is 5.92. The standard InChI is InChI=1S/C26H24N2O3/c1-18-6-9-21(10-7-18)28-26(30)17-31-25-15-8-19-4-2-3-5-23(19)24(25)16-27-20-11-13-22(29)14-12-20/h2-15,27,29H,16-17H2,1H3,(H,28,30). The van der Waals surface area contributed by atoms with Gasteiger partial charge in [-0.25, -0.2) is 0 Å². The van der Waals surface area contributed by atoms with E-state index in [1.54, 1.807) is 12.1 Å². The van der Waals surface area contributed by atoms with E-state index in [2.05, 4.69) is 10.6 Å². The van der Waals surface area contributed by atoms with E-state index >= 15 is 0 Å². The van der Waals surface area contributed by atoms with E-state index in [9.17, 15) is 9.90 Å². The largest absolute Gasteiger partial charge is 0.508 e. The number of carbonyl (C=O) groups excluding carboxylic acids is 1. The number of anilines is 2. The molecule has 0 bridgehead atoms. The molecule has 0 unspecified atom stereocenters. The van der Waals surface area contributed by atoms with E-state index in [0.29, 0.717) is 12.3 Å². The molecule has 0 saturated carbocycles. The Morgan fingerprint density at radius 2 is 1.58 bits per heavy atom. The van der Waals surface area contributed by atoms with Crippen molar-refractivity contribution in [1.82, 2.24) is 0 Å². The first kappa shape index (κ1) is 20.3. The predicted octanol–water partition coefficient (Wildman–Crippen LogP) is 5.48. The fraction of sp³-hybridized carbons (Fsp3) is 0.115.